The molecule has 2 aromatic carbocycles. The van der Waals surface area contributed by atoms with Crippen molar-refractivity contribution in [1.29, 1.82) is 0 Å². The lowest BCUT2D eigenvalue weighted by Crippen LogP contribution is -2.34. The monoisotopic (exact) mass is 381 g/mol. The molecule has 2 amide bonds. The highest BCUT2D eigenvalue weighted by molar-refractivity contribution is 5.94. The fourth-order valence-corrected chi connectivity index (χ4v) is 2.28. The second-order valence-corrected chi connectivity index (χ2v) is 5.60. The summed E-state index contributed by atoms with van der Waals surface area (Å²) in [5, 5.41) is 19.6. The highest BCUT2D eigenvalue weighted by Crippen LogP contribution is 2.19. The van der Waals surface area contributed by atoms with Gasteiger partial charge in [-0.1, -0.05) is 23.4 Å². The number of nitro groups is 1. The van der Waals surface area contributed by atoms with E-state index in [9.17, 15) is 19.7 Å². The van der Waals surface area contributed by atoms with Crippen LogP contribution in [0.3, 0.4) is 0 Å². The smallest absolute Gasteiger partial charge is 0.316 e. The van der Waals surface area contributed by atoms with Crippen molar-refractivity contribution in [3.05, 3.63) is 76.2 Å². The Morgan fingerprint density at radius 2 is 1.61 bits per heavy atom. The number of non-ortho nitro benzene ring substituents is 1. The largest absolute Gasteiger partial charge is 0.350 e. The predicted molar refractivity (Wildman–Crippen MR) is 97.5 cm³/mol. The van der Waals surface area contributed by atoms with Crippen LogP contribution in [0, 0.1) is 10.1 Å². The molecule has 0 spiro atoms. The van der Waals surface area contributed by atoms with Crippen LogP contribution in [0.5, 0.6) is 0 Å². The lowest BCUT2D eigenvalue weighted by atomic mass is 10.2. The van der Waals surface area contributed by atoms with Gasteiger partial charge in [-0.25, -0.2) is 0 Å². The van der Waals surface area contributed by atoms with Crippen LogP contribution in [-0.2, 0) is 0 Å². The van der Waals surface area contributed by atoms with E-state index in [0.717, 1.165) is 0 Å². The van der Waals surface area contributed by atoms with Gasteiger partial charge in [-0.2, -0.15) is 4.98 Å². The SMILES string of the molecule is O=C(NCCNC(=O)c1nc(-c2ccc([N+](=O)[O-])cc2)no1)c1ccccc1. The number of nitrogens with one attached hydrogen (secondary N) is 2. The van der Waals surface area contributed by atoms with Crippen LogP contribution in [0.25, 0.3) is 11.4 Å². The molecule has 3 aromatic rings. The van der Waals surface area contributed by atoms with E-state index < -0.39 is 10.8 Å². The minimum atomic E-state index is -0.588. The van der Waals surface area contributed by atoms with E-state index in [0.29, 0.717) is 11.1 Å². The number of rotatable bonds is 7. The second kappa shape index (κ2) is 8.54. The Bertz CT molecular complexity index is 985. The highest BCUT2D eigenvalue weighted by Gasteiger charge is 2.16. The van der Waals surface area contributed by atoms with Crippen molar-refractivity contribution in [2.24, 2.45) is 0 Å². The topological polar surface area (TPSA) is 140 Å². The second-order valence-electron chi connectivity index (χ2n) is 5.60. The maximum absolute atomic E-state index is 12.0. The first-order valence-electron chi connectivity index (χ1n) is 8.24. The van der Waals surface area contributed by atoms with E-state index in [4.69, 9.17) is 4.52 Å². The Morgan fingerprint density at radius 1 is 0.964 bits per heavy atom. The number of nitrogens with zero attached hydrogens (tertiary/aromatic N) is 3. The molecule has 1 aromatic heterocycles. The van der Waals surface area contributed by atoms with Crippen molar-refractivity contribution in [3.8, 4) is 11.4 Å². The highest BCUT2D eigenvalue weighted by atomic mass is 16.6. The van der Waals surface area contributed by atoms with Crippen molar-refractivity contribution < 1.29 is 19.0 Å². The molecule has 0 radical (unpaired) electrons. The molecular formula is C18H15N5O5. The summed E-state index contributed by atoms with van der Waals surface area (Å²) in [6.45, 7) is 0.398. The average molecular weight is 381 g/mol. The van der Waals surface area contributed by atoms with E-state index in [1.165, 1.54) is 24.3 Å². The Labute approximate surface area is 158 Å². The van der Waals surface area contributed by atoms with Gasteiger partial charge in [0.25, 0.3) is 11.6 Å². The lowest BCUT2D eigenvalue weighted by Gasteiger charge is -2.05. The molecule has 142 valence electrons. The zero-order chi connectivity index (χ0) is 19.9. The van der Waals surface area contributed by atoms with Crippen molar-refractivity contribution >= 4 is 17.5 Å². The number of benzene rings is 2. The fraction of sp³-hybridized carbons (Fsp3) is 0.111. The van der Waals surface area contributed by atoms with Gasteiger partial charge in [-0.05, 0) is 24.3 Å². The first-order chi connectivity index (χ1) is 13.5. The summed E-state index contributed by atoms with van der Waals surface area (Å²) in [5.41, 5.74) is 0.935. The molecule has 0 saturated heterocycles. The summed E-state index contributed by atoms with van der Waals surface area (Å²) in [7, 11) is 0. The number of hydrogen-bond acceptors (Lipinski definition) is 7. The van der Waals surface area contributed by atoms with Crippen LogP contribution in [-0.4, -0.2) is 40.0 Å². The molecule has 3 rings (SSSR count). The van der Waals surface area contributed by atoms with Gasteiger partial charge < -0.3 is 15.2 Å². The van der Waals surface area contributed by atoms with Crippen LogP contribution in [0.1, 0.15) is 21.0 Å². The van der Waals surface area contributed by atoms with Gasteiger partial charge in [0.05, 0.1) is 4.92 Å². The van der Waals surface area contributed by atoms with Crippen molar-refractivity contribution in [2.75, 3.05) is 13.1 Å². The van der Waals surface area contributed by atoms with Gasteiger partial charge in [0.1, 0.15) is 0 Å². The molecule has 2 N–H and O–H groups in total. The third-order valence-corrected chi connectivity index (χ3v) is 3.69. The molecule has 0 aliphatic heterocycles. The van der Waals surface area contributed by atoms with E-state index in [-0.39, 0.29) is 36.4 Å². The van der Waals surface area contributed by atoms with Crippen molar-refractivity contribution in [2.45, 2.75) is 0 Å². The molecule has 0 aliphatic rings. The minimum Gasteiger partial charge on any atom is -0.350 e. The molecular weight excluding hydrogens is 366 g/mol. The molecule has 28 heavy (non-hydrogen) atoms. The van der Waals surface area contributed by atoms with Gasteiger partial charge in [-0.15, -0.1) is 0 Å². The van der Waals surface area contributed by atoms with Crippen LogP contribution in [0.15, 0.2) is 59.1 Å². The van der Waals surface area contributed by atoms with Gasteiger partial charge in [0, 0.05) is 36.3 Å². The number of amides is 2. The predicted octanol–water partition coefficient (Wildman–Crippen LogP) is 1.80. The molecule has 0 unspecified atom stereocenters. The number of nitro benzene ring substituents is 1. The standard InChI is InChI=1S/C18H15N5O5/c24-16(13-4-2-1-3-5-13)19-10-11-20-17(25)18-21-15(22-28-18)12-6-8-14(9-7-12)23(26)27/h1-9H,10-11H2,(H,19,24)(H,20,25). The van der Waals surface area contributed by atoms with Crippen LogP contribution in [0.4, 0.5) is 5.69 Å². The molecule has 0 atom stereocenters. The molecule has 10 heteroatoms. The zero-order valence-corrected chi connectivity index (χ0v) is 14.5. The number of hydrogen-bond donors (Lipinski definition) is 2. The van der Waals surface area contributed by atoms with Gasteiger partial charge in [0.2, 0.25) is 5.82 Å². The Hall–Kier alpha value is -4.08. The Balaban J connectivity index is 1.50. The molecule has 0 bridgehead atoms. The van der Waals surface area contributed by atoms with Crippen molar-refractivity contribution in [1.82, 2.24) is 20.8 Å². The summed E-state index contributed by atoms with van der Waals surface area (Å²) in [5.74, 6) is -0.942. The molecule has 0 aliphatic carbocycles. The third-order valence-electron chi connectivity index (χ3n) is 3.69. The summed E-state index contributed by atoms with van der Waals surface area (Å²) >= 11 is 0. The van der Waals surface area contributed by atoms with Gasteiger partial charge >= 0.3 is 11.8 Å². The Morgan fingerprint density at radius 3 is 2.25 bits per heavy atom. The number of carbonyl (C=O) groups excluding carboxylic acids is 2. The molecule has 10 nitrogen and oxygen atoms in total. The van der Waals surface area contributed by atoms with Crippen molar-refractivity contribution in [3.63, 3.8) is 0 Å². The van der Waals surface area contributed by atoms with Crippen LogP contribution >= 0.6 is 0 Å². The van der Waals surface area contributed by atoms with E-state index in [1.807, 2.05) is 6.07 Å². The first-order valence-corrected chi connectivity index (χ1v) is 8.24. The van der Waals surface area contributed by atoms with E-state index in [1.54, 1.807) is 24.3 Å². The van der Waals surface area contributed by atoms with Gasteiger partial charge in [0.15, 0.2) is 0 Å². The average Bonchev–Trinajstić information content (AvgIpc) is 3.22. The summed E-state index contributed by atoms with van der Waals surface area (Å²) in [6, 6.07) is 14.2. The maximum atomic E-state index is 12.0. The van der Waals surface area contributed by atoms with E-state index in [2.05, 4.69) is 20.8 Å². The molecule has 0 saturated carbocycles. The van der Waals surface area contributed by atoms with Crippen LogP contribution < -0.4 is 10.6 Å². The maximum Gasteiger partial charge on any atom is 0.316 e. The fourth-order valence-electron chi connectivity index (χ4n) is 2.28. The molecule has 1 heterocycles. The number of carbonyl (C=O) groups is 2. The van der Waals surface area contributed by atoms with E-state index >= 15 is 0 Å². The summed E-state index contributed by atoms with van der Waals surface area (Å²) < 4.78 is 4.91. The van der Waals surface area contributed by atoms with Gasteiger partial charge in [-0.3, -0.25) is 19.7 Å². The summed E-state index contributed by atoms with van der Waals surface area (Å²) in [6.07, 6.45) is 0. The first kappa shape index (κ1) is 18.7. The zero-order valence-electron chi connectivity index (χ0n) is 14.5. The summed E-state index contributed by atoms with van der Waals surface area (Å²) in [4.78, 5) is 38.0. The Kier molecular flexibility index (Phi) is 5.70. The quantitative estimate of drug-likeness (QED) is 0.361. The normalized spacial score (nSPS) is 10.3. The lowest BCUT2D eigenvalue weighted by molar-refractivity contribution is -0.384. The molecule has 0 fully saturated rings. The number of aromatic nitrogens is 2. The third kappa shape index (κ3) is 4.55. The van der Waals surface area contributed by atoms with Crippen LogP contribution in [0.2, 0.25) is 0 Å². The minimum absolute atomic E-state index is 0.0669.